The van der Waals surface area contributed by atoms with E-state index in [4.69, 9.17) is 37.0 Å². The maximum Gasteiger partial charge on any atom is 0.472 e. The Hall–Kier alpha value is -1.94. The monoisotopic (exact) mass is 1680 g/mol. The van der Waals surface area contributed by atoms with Crippen LogP contribution in [0.3, 0.4) is 0 Å². The Morgan fingerprint density at radius 3 is 0.591 bits per heavy atom. The number of aliphatic hydroxyl groups is 1. The maximum absolute atomic E-state index is 13.2. The molecule has 0 aliphatic carbocycles. The van der Waals surface area contributed by atoms with Gasteiger partial charge in [-0.15, -0.1) is 0 Å². The van der Waals surface area contributed by atoms with Crippen molar-refractivity contribution >= 4 is 39.5 Å². The van der Waals surface area contributed by atoms with Gasteiger partial charge < -0.3 is 33.8 Å². The molecule has 0 aromatic rings. The number of unbranched alkanes of at least 4 members (excludes halogenated alkanes) is 62. The van der Waals surface area contributed by atoms with E-state index in [0.29, 0.717) is 25.7 Å². The number of phosphoric ester groups is 2. The van der Waals surface area contributed by atoms with Crippen LogP contribution in [0.15, 0.2) is 0 Å². The second-order valence-electron chi connectivity index (χ2n) is 35.9. The van der Waals surface area contributed by atoms with Crippen molar-refractivity contribution < 1.29 is 80.2 Å². The summed E-state index contributed by atoms with van der Waals surface area (Å²) in [5, 5.41) is 10.7. The van der Waals surface area contributed by atoms with E-state index in [-0.39, 0.29) is 25.7 Å². The average molecular weight is 1680 g/mol. The summed E-state index contributed by atoms with van der Waals surface area (Å²) in [4.78, 5) is 73.6. The molecule has 0 saturated heterocycles. The first kappa shape index (κ1) is 113. The molecule has 0 aromatic carbocycles. The summed E-state index contributed by atoms with van der Waals surface area (Å²) < 4.78 is 69.2. The summed E-state index contributed by atoms with van der Waals surface area (Å²) in [5.74, 6) is 0.373. The number of hydrogen-bond donors (Lipinski definition) is 3. The molecule has 0 rings (SSSR count). The molecule has 0 amide bonds. The standard InChI is InChI=1S/C96H188O17P2/c1-8-9-10-11-12-13-14-42-49-56-63-70-77-93(98)106-83-91(112-95(100)79-72-65-58-51-44-37-31-25-19-16-22-28-34-40-47-54-61-68-75-88(4)5)85-110-114(102,103)108-81-90(97)82-109-115(104,105)111-86-92(113-96(101)80-73-66-59-52-45-38-32-26-20-17-23-29-35-41-48-55-62-69-76-89(6)7)84-107-94(99)78-71-64-57-50-43-36-30-24-18-15-21-27-33-39-46-53-60-67-74-87(2)3/h87-92,97H,8-86H2,1-7H3,(H,102,103)(H,104,105)/t90-,91+,92+/m0/s1. The lowest BCUT2D eigenvalue weighted by Crippen LogP contribution is -2.30. The molecule has 0 aliphatic rings. The highest BCUT2D eigenvalue weighted by molar-refractivity contribution is 7.47. The van der Waals surface area contributed by atoms with Gasteiger partial charge in [0.1, 0.15) is 19.3 Å². The molecule has 2 unspecified atom stereocenters. The number of carbonyl (C=O) groups excluding carboxylic acids is 4. The third kappa shape index (κ3) is 89.6. The third-order valence-corrected chi connectivity index (χ3v) is 24.5. The van der Waals surface area contributed by atoms with Crippen LogP contribution in [-0.4, -0.2) is 96.7 Å². The van der Waals surface area contributed by atoms with Gasteiger partial charge in [-0.05, 0) is 43.4 Å². The Kier molecular flexibility index (Phi) is 84.2. The van der Waals surface area contributed by atoms with Gasteiger partial charge in [-0.3, -0.25) is 37.3 Å². The molecule has 0 saturated carbocycles. The number of aliphatic hydroxyl groups excluding tert-OH is 1. The first-order valence-corrected chi connectivity index (χ1v) is 52.3. The minimum atomic E-state index is -4.97. The van der Waals surface area contributed by atoms with Crippen LogP contribution in [0.5, 0.6) is 0 Å². The van der Waals surface area contributed by atoms with E-state index in [1.165, 1.54) is 327 Å². The molecule has 0 spiro atoms. The number of hydrogen-bond acceptors (Lipinski definition) is 15. The highest BCUT2D eigenvalue weighted by Gasteiger charge is 2.31. The van der Waals surface area contributed by atoms with E-state index in [1.807, 2.05) is 0 Å². The molecule has 0 fully saturated rings. The Balaban J connectivity index is 5.24. The van der Waals surface area contributed by atoms with Gasteiger partial charge >= 0.3 is 39.5 Å². The van der Waals surface area contributed by atoms with Crippen LogP contribution in [0, 0.1) is 17.8 Å². The topological polar surface area (TPSA) is 237 Å². The average Bonchev–Trinajstić information content (AvgIpc) is 0.895. The number of ether oxygens (including phenoxy) is 4. The molecular formula is C96H188O17P2. The second-order valence-corrected chi connectivity index (χ2v) is 38.8. The lowest BCUT2D eigenvalue weighted by molar-refractivity contribution is -0.161. The Morgan fingerprint density at radius 2 is 0.400 bits per heavy atom. The largest absolute Gasteiger partial charge is 0.472 e. The van der Waals surface area contributed by atoms with Crippen LogP contribution in [-0.2, 0) is 65.4 Å². The van der Waals surface area contributed by atoms with Gasteiger partial charge in [-0.2, -0.15) is 0 Å². The summed E-state index contributed by atoms with van der Waals surface area (Å²) in [7, 11) is -9.94. The normalized spacial score (nSPS) is 13.7. The van der Waals surface area contributed by atoms with Crippen molar-refractivity contribution in [2.45, 2.75) is 535 Å². The molecule has 684 valence electrons. The van der Waals surface area contributed by atoms with Gasteiger partial charge in [0.2, 0.25) is 0 Å². The first-order chi connectivity index (χ1) is 55.7. The summed E-state index contributed by atoms with van der Waals surface area (Å²) in [6, 6.07) is 0. The highest BCUT2D eigenvalue weighted by Crippen LogP contribution is 2.45. The summed E-state index contributed by atoms with van der Waals surface area (Å²) >= 11 is 0. The van der Waals surface area contributed by atoms with Gasteiger partial charge in [0.25, 0.3) is 0 Å². The van der Waals surface area contributed by atoms with E-state index >= 15 is 0 Å². The van der Waals surface area contributed by atoms with Crippen molar-refractivity contribution in [2.24, 2.45) is 17.8 Å². The Bertz CT molecular complexity index is 2200. The van der Waals surface area contributed by atoms with Crippen LogP contribution in [0.25, 0.3) is 0 Å². The van der Waals surface area contributed by atoms with Crippen molar-refractivity contribution in [3.63, 3.8) is 0 Å². The van der Waals surface area contributed by atoms with Crippen molar-refractivity contribution in [3.8, 4) is 0 Å². The van der Waals surface area contributed by atoms with E-state index in [2.05, 4.69) is 48.5 Å². The minimum absolute atomic E-state index is 0.109. The predicted octanol–water partition coefficient (Wildman–Crippen LogP) is 30.0. The van der Waals surface area contributed by atoms with Crippen molar-refractivity contribution in [1.29, 1.82) is 0 Å². The van der Waals surface area contributed by atoms with Crippen molar-refractivity contribution in [3.05, 3.63) is 0 Å². The molecular weight excluding hydrogens is 1490 g/mol. The predicted molar refractivity (Wildman–Crippen MR) is 478 cm³/mol. The lowest BCUT2D eigenvalue weighted by Gasteiger charge is -2.21. The molecule has 0 aromatic heterocycles. The molecule has 0 bridgehead atoms. The molecule has 0 radical (unpaired) electrons. The quantitative estimate of drug-likeness (QED) is 0.0222. The molecule has 17 nitrogen and oxygen atoms in total. The Labute approximate surface area is 708 Å². The van der Waals surface area contributed by atoms with Gasteiger partial charge in [0, 0.05) is 25.7 Å². The fourth-order valence-electron chi connectivity index (χ4n) is 15.1. The van der Waals surface area contributed by atoms with E-state index in [9.17, 15) is 43.2 Å². The summed E-state index contributed by atoms with van der Waals surface area (Å²) in [6.45, 7) is 12.2. The molecule has 0 heterocycles. The number of phosphoric acid groups is 2. The minimum Gasteiger partial charge on any atom is -0.462 e. The fraction of sp³-hybridized carbons (Fsp3) is 0.958. The lowest BCUT2D eigenvalue weighted by atomic mass is 10.0. The van der Waals surface area contributed by atoms with Gasteiger partial charge in [0.15, 0.2) is 12.2 Å². The van der Waals surface area contributed by atoms with Gasteiger partial charge in [-0.25, -0.2) is 9.13 Å². The van der Waals surface area contributed by atoms with E-state index in [1.54, 1.807) is 0 Å². The number of carbonyl (C=O) groups is 4. The van der Waals surface area contributed by atoms with Gasteiger partial charge in [-0.1, -0.05) is 466 Å². The van der Waals surface area contributed by atoms with Gasteiger partial charge in [0.05, 0.1) is 26.4 Å². The molecule has 5 atom stereocenters. The Morgan fingerprint density at radius 1 is 0.235 bits per heavy atom. The first-order valence-electron chi connectivity index (χ1n) is 49.3. The SMILES string of the molecule is CCCCCCCCCCCCCCC(=O)OC[C@H](COP(=O)(O)OC[C@H](O)COP(=O)(O)OC[C@@H](COC(=O)CCCCCCCCCCCCCCCCCCCCC(C)C)OC(=O)CCCCCCCCCCCCCCCCCCCCC(C)C)OC(=O)CCCCCCCCCCCCCCCCCCCCC(C)C. The number of esters is 4. The zero-order valence-corrected chi connectivity index (χ0v) is 78.1. The zero-order chi connectivity index (χ0) is 84.3. The van der Waals surface area contributed by atoms with E-state index in [0.717, 1.165) is 108 Å². The van der Waals surface area contributed by atoms with Crippen LogP contribution in [0.2, 0.25) is 0 Å². The van der Waals surface area contributed by atoms with Crippen LogP contribution in [0.4, 0.5) is 0 Å². The van der Waals surface area contributed by atoms with Crippen molar-refractivity contribution in [2.75, 3.05) is 39.6 Å². The molecule has 0 aliphatic heterocycles. The maximum atomic E-state index is 13.2. The summed E-state index contributed by atoms with van der Waals surface area (Å²) in [6.07, 6.45) is 80.7. The summed E-state index contributed by atoms with van der Waals surface area (Å²) in [5.41, 5.74) is 0. The third-order valence-electron chi connectivity index (χ3n) is 22.6. The highest BCUT2D eigenvalue weighted by atomic mass is 31.2. The fourth-order valence-corrected chi connectivity index (χ4v) is 16.7. The second kappa shape index (κ2) is 85.6. The van der Waals surface area contributed by atoms with E-state index < -0.39 is 97.5 Å². The van der Waals surface area contributed by atoms with Crippen LogP contribution >= 0.6 is 15.6 Å². The van der Waals surface area contributed by atoms with Crippen LogP contribution in [0.1, 0.15) is 517 Å². The molecule has 115 heavy (non-hydrogen) atoms. The molecule has 19 heteroatoms. The number of rotatable bonds is 94. The molecule has 3 N–H and O–H groups in total. The zero-order valence-electron chi connectivity index (χ0n) is 76.3. The van der Waals surface area contributed by atoms with Crippen LogP contribution < -0.4 is 0 Å². The van der Waals surface area contributed by atoms with Crippen molar-refractivity contribution in [1.82, 2.24) is 0 Å². The smallest absolute Gasteiger partial charge is 0.462 e.